The Morgan fingerprint density at radius 1 is 1.00 bits per heavy atom. The highest BCUT2D eigenvalue weighted by atomic mass is 35.5. The van der Waals surface area contributed by atoms with E-state index in [0.717, 1.165) is 6.07 Å². The summed E-state index contributed by atoms with van der Waals surface area (Å²) in [5.41, 5.74) is 0.468. The van der Waals surface area contributed by atoms with Crippen molar-refractivity contribution in [1.29, 1.82) is 0 Å². The van der Waals surface area contributed by atoms with E-state index in [0.29, 0.717) is 11.1 Å². The normalized spacial score (nSPS) is 11.6. The molecular formula is C13H9ClF3N. The van der Waals surface area contributed by atoms with E-state index in [1.807, 2.05) is 0 Å². The molecule has 0 radical (unpaired) electrons. The van der Waals surface area contributed by atoms with Crippen LogP contribution >= 0.6 is 11.6 Å². The predicted molar refractivity (Wildman–Crippen MR) is 64.2 cm³/mol. The summed E-state index contributed by atoms with van der Waals surface area (Å²) in [6.07, 6.45) is -4.47. The fraction of sp³-hybridized carbons (Fsp3) is 0.154. The molecule has 0 fully saturated rings. The van der Waals surface area contributed by atoms with Crippen molar-refractivity contribution in [2.45, 2.75) is 12.1 Å². The minimum absolute atomic E-state index is 0.0518. The number of hydrogen-bond donors (Lipinski definition) is 0. The average molecular weight is 272 g/mol. The van der Waals surface area contributed by atoms with Crippen LogP contribution in [-0.2, 0) is 12.1 Å². The molecule has 0 amide bonds. The Labute approximate surface area is 107 Å². The molecule has 0 aliphatic carbocycles. The summed E-state index contributed by atoms with van der Waals surface area (Å²) in [5.74, 6) is -0.0518. The van der Waals surface area contributed by atoms with Gasteiger partial charge in [-0.25, -0.2) is 4.98 Å². The van der Waals surface area contributed by atoms with E-state index >= 15 is 0 Å². The van der Waals surface area contributed by atoms with E-state index in [9.17, 15) is 13.2 Å². The highest BCUT2D eigenvalue weighted by Gasteiger charge is 2.33. The standard InChI is InChI=1S/C13H9ClF3N/c14-8-11-6-10(9-4-2-1-3-5-9)7-12(18-11)13(15,16)17/h1-7H,8H2. The monoisotopic (exact) mass is 271 g/mol. The maximum Gasteiger partial charge on any atom is 0.433 e. The van der Waals surface area contributed by atoms with Gasteiger partial charge in [-0.05, 0) is 23.3 Å². The van der Waals surface area contributed by atoms with Crippen LogP contribution in [-0.4, -0.2) is 4.98 Å². The Bertz CT molecular complexity index is 538. The lowest BCUT2D eigenvalue weighted by molar-refractivity contribution is -0.141. The number of hydrogen-bond acceptors (Lipinski definition) is 1. The molecule has 1 aromatic carbocycles. The Morgan fingerprint density at radius 2 is 1.67 bits per heavy atom. The molecule has 0 spiro atoms. The molecule has 0 saturated carbocycles. The van der Waals surface area contributed by atoms with Gasteiger partial charge in [-0.1, -0.05) is 30.3 Å². The first-order chi connectivity index (χ1) is 8.50. The Balaban J connectivity index is 2.55. The van der Waals surface area contributed by atoms with Crippen molar-refractivity contribution in [2.75, 3.05) is 0 Å². The Kier molecular flexibility index (Phi) is 3.57. The number of pyridine rings is 1. The van der Waals surface area contributed by atoms with Crippen LogP contribution in [0.3, 0.4) is 0 Å². The predicted octanol–water partition coefficient (Wildman–Crippen LogP) is 4.51. The Hall–Kier alpha value is -1.55. The van der Waals surface area contributed by atoms with Crippen molar-refractivity contribution in [3.05, 3.63) is 53.9 Å². The van der Waals surface area contributed by atoms with Crippen molar-refractivity contribution in [3.8, 4) is 11.1 Å². The average Bonchev–Trinajstić information content (AvgIpc) is 2.38. The molecule has 1 nitrogen and oxygen atoms in total. The summed E-state index contributed by atoms with van der Waals surface area (Å²) in [6.45, 7) is 0. The first-order valence-electron chi connectivity index (χ1n) is 5.20. The van der Waals surface area contributed by atoms with E-state index in [1.165, 1.54) is 0 Å². The lowest BCUT2D eigenvalue weighted by Gasteiger charge is -2.10. The van der Waals surface area contributed by atoms with Gasteiger partial charge >= 0.3 is 6.18 Å². The van der Waals surface area contributed by atoms with Crippen molar-refractivity contribution >= 4 is 11.6 Å². The lowest BCUT2D eigenvalue weighted by Crippen LogP contribution is -2.09. The molecular weight excluding hydrogens is 263 g/mol. The highest BCUT2D eigenvalue weighted by molar-refractivity contribution is 6.16. The quantitative estimate of drug-likeness (QED) is 0.733. The maximum absolute atomic E-state index is 12.7. The van der Waals surface area contributed by atoms with Crippen molar-refractivity contribution in [3.63, 3.8) is 0 Å². The van der Waals surface area contributed by atoms with E-state index < -0.39 is 11.9 Å². The Morgan fingerprint density at radius 3 is 2.22 bits per heavy atom. The van der Waals surface area contributed by atoms with Gasteiger partial charge in [0, 0.05) is 0 Å². The third-order valence-corrected chi connectivity index (χ3v) is 2.69. The van der Waals surface area contributed by atoms with Gasteiger partial charge in [0.2, 0.25) is 0 Å². The van der Waals surface area contributed by atoms with Crippen molar-refractivity contribution < 1.29 is 13.2 Å². The molecule has 0 bridgehead atoms. The van der Waals surface area contributed by atoms with Gasteiger partial charge in [-0.15, -0.1) is 11.6 Å². The van der Waals surface area contributed by atoms with Crippen molar-refractivity contribution in [1.82, 2.24) is 4.98 Å². The molecule has 2 rings (SSSR count). The molecule has 0 saturated heterocycles. The van der Waals surface area contributed by atoms with Gasteiger partial charge < -0.3 is 0 Å². The minimum Gasteiger partial charge on any atom is -0.247 e. The van der Waals surface area contributed by atoms with E-state index in [2.05, 4.69) is 4.98 Å². The second-order valence-corrected chi connectivity index (χ2v) is 4.00. The molecule has 0 N–H and O–H groups in total. The SMILES string of the molecule is FC(F)(F)c1cc(-c2ccccc2)cc(CCl)n1. The van der Waals surface area contributed by atoms with Crippen LogP contribution in [0.25, 0.3) is 11.1 Å². The third kappa shape index (κ3) is 2.82. The number of alkyl halides is 4. The molecule has 2 aromatic rings. The zero-order valence-corrected chi connectivity index (χ0v) is 9.96. The maximum atomic E-state index is 12.7. The summed E-state index contributed by atoms with van der Waals surface area (Å²) in [6, 6.07) is 11.4. The molecule has 18 heavy (non-hydrogen) atoms. The number of aromatic nitrogens is 1. The topological polar surface area (TPSA) is 12.9 Å². The lowest BCUT2D eigenvalue weighted by atomic mass is 10.0. The first kappa shape index (κ1) is 12.9. The van der Waals surface area contributed by atoms with Crippen LogP contribution in [0.1, 0.15) is 11.4 Å². The molecule has 0 aliphatic rings. The highest BCUT2D eigenvalue weighted by Crippen LogP contribution is 2.31. The summed E-state index contributed by atoms with van der Waals surface area (Å²) >= 11 is 5.58. The summed E-state index contributed by atoms with van der Waals surface area (Å²) in [7, 11) is 0. The minimum atomic E-state index is -4.47. The zero-order valence-electron chi connectivity index (χ0n) is 9.21. The number of rotatable bonds is 2. The summed E-state index contributed by atoms with van der Waals surface area (Å²) < 4.78 is 38.1. The molecule has 5 heteroatoms. The van der Waals surface area contributed by atoms with Crippen molar-refractivity contribution in [2.24, 2.45) is 0 Å². The summed E-state index contributed by atoms with van der Waals surface area (Å²) in [4.78, 5) is 3.49. The first-order valence-corrected chi connectivity index (χ1v) is 5.73. The van der Waals surface area contributed by atoms with Gasteiger partial charge in [0.25, 0.3) is 0 Å². The van der Waals surface area contributed by atoms with Gasteiger partial charge in [0.05, 0.1) is 11.6 Å². The largest absolute Gasteiger partial charge is 0.433 e. The van der Waals surface area contributed by atoms with Gasteiger partial charge in [0.1, 0.15) is 5.69 Å². The zero-order chi connectivity index (χ0) is 13.2. The van der Waals surface area contributed by atoms with Crippen LogP contribution in [0.4, 0.5) is 13.2 Å². The second kappa shape index (κ2) is 4.98. The fourth-order valence-electron chi connectivity index (χ4n) is 1.60. The molecule has 1 aromatic heterocycles. The molecule has 0 unspecified atom stereocenters. The van der Waals surface area contributed by atoms with Crippen LogP contribution in [0.5, 0.6) is 0 Å². The van der Waals surface area contributed by atoms with Crippen LogP contribution in [0, 0.1) is 0 Å². The smallest absolute Gasteiger partial charge is 0.247 e. The van der Waals surface area contributed by atoms with E-state index in [1.54, 1.807) is 36.4 Å². The number of nitrogens with zero attached hydrogens (tertiary/aromatic N) is 1. The number of halogens is 4. The summed E-state index contributed by atoms with van der Waals surface area (Å²) in [5, 5.41) is 0. The van der Waals surface area contributed by atoms with Gasteiger partial charge in [-0.2, -0.15) is 13.2 Å². The number of benzene rings is 1. The molecule has 94 valence electrons. The van der Waals surface area contributed by atoms with Crippen LogP contribution in [0.15, 0.2) is 42.5 Å². The van der Waals surface area contributed by atoms with Crippen LogP contribution in [0.2, 0.25) is 0 Å². The molecule has 0 aliphatic heterocycles. The van der Waals surface area contributed by atoms with E-state index in [-0.39, 0.29) is 11.6 Å². The van der Waals surface area contributed by atoms with E-state index in [4.69, 9.17) is 11.6 Å². The molecule has 0 atom stereocenters. The third-order valence-electron chi connectivity index (χ3n) is 2.41. The van der Waals surface area contributed by atoms with Crippen LogP contribution < -0.4 is 0 Å². The fourth-order valence-corrected chi connectivity index (χ4v) is 1.74. The van der Waals surface area contributed by atoms with Gasteiger partial charge in [-0.3, -0.25) is 0 Å². The molecule has 1 heterocycles. The van der Waals surface area contributed by atoms with Gasteiger partial charge in [0.15, 0.2) is 0 Å². The second-order valence-electron chi connectivity index (χ2n) is 3.73.